The minimum Gasteiger partial charge on any atom is -0.444 e. The van der Waals surface area contributed by atoms with Gasteiger partial charge in [-0.05, 0) is 33.3 Å². The van der Waals surface area contributed by atoms with Gasteiger partial charge < -0.3 is 15.0 Å². The summed E-state index contributed by atoms with van der Waals surface area (Å²) in [4.78, 5) is 25.3. The fraction of sp³-hybridized carbons (Fsp3) is 0.692. The van der Waals surface area contributed by atoms with Crippen LogP contribution in [0, 0.1) is 0 Å². The lowest BCUT2D eigenvalue weighted by Gasteiger charge is -2.24. The number of rotatable bonds is 2. The Morgan fingerprint density at radius 3 is 2.80 bits per heavy atom. The SMILES string of the molecule is CC(C)(C)OC(=O)N1CC[C@@H](NC(=O)C2=CCN=N2)C1. The van der Waals surface area contributed by atoms with Crippen LogP contribution in [0.4, 0.5) is 4.79 Å². The van der Waals surface area contributed by atoms with Crippen molar-refractivity contribution in [3.63, 3.8) is 0 Å². The zero-order valence-corrected chi connectivity index (χ0v) is 12.0. The molecule has 1 saturated heterocycles. The molecule has 110 valence electrons. The van der Waals surface area contributed by atoms with E-state index < -0.39 is 5.60 Å². The van der Waals surface area contributed by atoms with Gasteiger partial charge in [-0.25, -0.2) is 4.79 Å². The molecule has 2 aliphatic heterocycles. The van der Waals surface area contributed by atoms with Crippen LogP contribution >= 0.6 is 0 Å². The topological polar surface area (TPSA) is 83.4 Å². The maximum Gasteiger partial charge on any atom is 0.410 e. The van der Waals surface area contributed by atoms with Gasteiger partial charge in [-0.1, -0.05) is 0 Å². The second-order valence-corrected chi connectivity index (χ2v) is 5.90. The first-order valence-electron chi connectivity index (χ1n) is 6.71. The third-order valence-corrected chi connectivity index (χ3v) is 2.95. The number of azo groups is 1. The molecule has 0 unspecified atom stereocenters. The Bertz CT molecular complexity index is 465. The molecule has 2 aliphatic rings. The number of hydrogen-bond donors (Lipinski definition) is 1. The third-order valence-electron chi connectivity index (χ3n) is 2.95. The van der Waals surface area contributed by atoms with Gasteiger partial charge in [0.2, 0.25) is 0 Å². The summed E-state index contributed by atoms with van der Waals surface area (Å²) in [5, 5.41) is 10.3. The molecule has 0 aromatic carbocycles. The van der Waals surface area contributed by atoms with Gasteiger partial charge in [-0.3, -0.25) is 4.79 Å². The van der Waals surface area contributed by atoms with Gasteiger partial charge in [0.15, 0.2) is 0 Å². The molecule has 1 atom stereocenters. The van der Waals surface area contributed by atoms with Crippen molar-refractivity contribution in [2.45, 2.75) is 38.8 Å². The summed E-state index contributed by atoms with van der Waals surface area (Å²) in [6.45, 7) is 7.00. The van der Waals surface area contributed by atoms with E-state index >= 15 is 0 Å². The first-order chi connectivity index (χ1) is 9.35. The lowest BCUT2D eigenvalue weighted by molar-refractivity contribution is -0.118. The van der Waals surface area contributed by atoms with E-state index in [2.05, 4.69) is 15.5 Å². The maximum absolute atomic E-state index is 11.9. The molecule has 0 saturated carbocycles. The molecule has 20 heavy (non-hydrogen) atoms. The monoisotopic (exact) mass is 280 g/mol. The van der Waals surface area contributed by atoms with Crippen molar-refractivity contribution < 1.29 is 14.3 Å². The number of nitrogens with zero attached hydrogens (tertiary/aromatic N) is 3. The summed E-state index contributed by atoms with van der Waals surface area (Å²) in [5.41, 5.74) is -0.159. The van der Waals surface area contributed by atoms with Crippen LogP contribution in [0.1, 0.15) is 27.2 Å². The van der Waals surface area contributed by atoms with Crippen LogP contribution in [0.2, 0.25) is 0 Å². The number of hydrogen-bond acceptors (Lipinski definition) is 5. The summed E-state index contributed by atoms with van der Waals surface area (Å²) >= 11 is 0. The smallest absolute Gasteiger partial charge is 0.410 e. The summed E-state index contributed by atoms with van der Waals surface area (Å²) in [6, 6.07) is -0.0632. The van der Waals surface area contributed by atoms with Crippen LogP contribution in [0.15, 0.2) is 22.0 Å². The van der Waals surface area contributed by atoms with E-state index in [9.17, 15) is 9.59 Å². The normalized spacial score (nSPS) is 21.9. The molecule has 0 radical (unpaired) electrons. The number of ether oxygens (including phenoxy) is 1. The molecule has 7 heteroatoms. The largest absolute Gasteiger partial charge is 0.444 e. The highest BCUT2D eigenvalue weighted by atomic mass is 16.6. The highest BCUT2D eigenvalue weighted by Crippen LogP contribution is 2.16. The molecule has 0 bridgehead atoms. The molecular weight excluding hydrogens is 260 g/mol. The molecular formula is C13H20N4O3. The Morgan fingerprint density at radius 1 is 1.45 bits per heavy atom. The van der Waals surface area contributed by atoms with Gasteiger partial charge in [-0.15, -0.1) is 0 Å². The first-order valence-corrected chi connectivity index (χ1v) is 6.71. The van der Waals surface area contributed by atoms with Crippen LogP contribution in [0.25, 0.3) is 0 Å². The van der Waals surface area contributed by atoms with Crippen LogP contribution in [-0.2, 0) is 9.53 Å². The summed E-state index contributed by atoms with van der Waals surface area (Å²) in [7, 11) is 0. The Hall–Kier alpha value is -1.92. The minimum absolute atomic E-state index is 0.0632. The molecule has 2 heterocycles. The van der Waals surface area contributed by atoms with Crippen LogP contribution in [0.5, 0.6) is 0 Å². The molecule has 0 aliphatic carbocycles. The first kappa shape index (κ1) is 14.5. The predicted molar refractivity (Wildman–Crippen MR) is 72.2 cm³/mol. The van der Waals surface area contributed by atoms with Gasteiger partial charge in [0.25, 0.3) is 5.91 Å². The second-order valence-electron chi connectivity index (χ2n) is 5.90. The molecule has 2 rings (SSSR count). The average Bonchev–Trinajstić information content (AvgIpc) is 2.97. The number of likely N-dealkylation sites (tertiary alicyclic amines) is 1. The van der Waals surface area contributed by atoms with E-state index in [0.717, 1.165) is 6.42 Å². The number of nitrogens with one attached hydrogen (secondary N) is 1. The molecule has 1 fully saturated rings. The van der Waals surface area contributed by atoms with Gasteiger partial charge in [0, 0.05) is 19.1 Å². The van der Waals surface area contributed by atoms with Gasteiger partial charge >= 0.3 is 6.09 Å². The zero-order valence-electron chi connectivity index (χ0n) is 12.0. The van der Waals surface area contributed by atoms with Gasteiger partial charge in [0.1, 0.15) is 11.3 Å². The van der Waals surface area contributed by atoms with E-state index in [0.29, 0.717) is 25.3 Å². The van der Waals surface area contributed by atoms with Crippen molar-refractivity contribution in [1.29, 1.82) is 0 Å². The molecule has 2 amide bonds. The summed E-state index contributed by atoms with van der Waals surface area (Å²) in [5.74, 6) is -0.234. The van der Waals surface area contributed by atoms with Crippen molar-refractivity contribution in [2.75, 3.05) is 19.6 Å². The van der Waals surface area contributed by atoms with Crippen LogP contribution in [-0.4, -0.2) is 48.2 Å². The van der Waals surface area contributed by atoms with Gasteiger partial charge in [0.05, 0.1) is 6.54 Å². The second kappa shape index (κ2) is 5.60. The molecule has 1 N–H and O–H groups in total. The van der Waals surface area contributed by atoms with Crippen molar-refractivity contribution in [1.82, 2.24) is 10.2 Å². The summed E-state index contributed by atoms with van der Waals surface area (Å²) in [6.07, 6.45) is 2.06. The van der Waals surface area contributed by atoms with E-state index in [1.807, 2.05) is 20.8 Å². The number of carbonyl (C=O) groups is 2. The molecule has 7 nitrogen and oxygen atoms in total. The maximum atomic E-state index is 11.9. The molecule has 0 spiro atoms. The van der Waals surface area contributed by atoms with E-state index in [1.165, 1.54) is 0 Å². The van der Waals surface area contributed by atoms with Crippen LogP contribution < -0.4 is 5.32 Å². The fourth-order valence-corrected chi connectivity index (χ4v) is 2.05. The lowest BCUT2D eigenvalue weighted by atomic mass is 10.2. The average molecular weight is 280 g/mol. The Balaban J connectivity index is 1.82. The quantitative estimate of drug-likeness (QED) is 0.831. The number of carbonyl (C=O) groups excluding carboxylic acids is 2. The van der Waals surface area contributed by atoms with Crippen LogP contribution in [0.3, 0.4) is 0 Å². The lowest BCUT2D eigenvalue weighted by Crippen LogP contribution is -2.40. The van der Waals surface area contributed by atoms with Gasteiger partial charge in [-0.2, -0.15) is 10.2 Å². The van der Waals surface area contributed by atoms with Crippen molar-refractivity contribution in [3.8, 4) is 0 Å². The van der Waals surface area contributed by atoms with Crippen molar-refractivity contribution >= 4 is 12.0 Å². The fourth-order valence-electron chi connectivity index (χ4n) is 2.05. The Kier molecular flexibility index (Phi) is 4.06. The predicted octanol–water partition coefficient (Wildman–Crippen LogP) is 1.46. The number of amides is 2. The summed E-state index contributed by atoms with van der Waals surface area (Å²) < 4.78 is 5.30. The standard InChI is InChI=1S/C13H20N4O3/c1-13(2,3)20-12(19)17-7-5-9(8-17)15-11(18)10-4-6-14-16-10/h4,9H,5-8H2,1-3H3,(H,15,18)/t9-/m1/s1. The van der Waals surface area contributed by atoms with Crippen molar-refractivity contribution in [3.05, 3.63) is 11.8 Å². The van der Waals surface area contributed by atoms with E-state index in [1.54, 1.807) is 11.0 Å². The highest BCUT2D eigenvalue weighted by Gasteiger charge is 2.31. The molecule has 0 aromatic heterocycles. The molecule has 0 aromatic rings. The Morgan fingerprint density at radius 2 is 2.20 bits per heavy atom. The zero-order chi connectivity index (χ0) is 14.8. The van der Waals surface area contributed by atoms with E-state index in [-0.39, 0.29) is 18.0 Å². The van der Waals surface area contributed by atoms with Crippen molar-refractivity contribution in [2.24, 2.45) is 10.2 Å². The third kappa shape index (κ3) is 3.79. The minimum atomic E-state index is -0.506. The van der Waals surface area contributed by atoms with E-state index in [4.69, 9.17) is 4.74 Å². The highest BCUT2D eigenvalue weighted by molar-refractivity contribution is 5.93. The Labute approximate surface area is 118 Å².